The second-order valence-corrected chi connectivity index (χ2v) is 7.64. The topological polar surface area (TPSA) is 85.8 Å². The van der Waals surface area contributed by atoms with Gasteiger partial charge in [0, 0.05) is 42.0 Å². The molecule has 0 radical (unpaired) electrons. The number of anilines is 2. The molecular weight excluding hydrogens is 412 g/mol. The lowest BCUT2D eigenvalue weighted by Gasteiger charge is -2.11. The maximum absolute atomic E-state index is 6.02. The van der Waals surface area contributed by atoms with Crippen LogP contribution in [-0.2, 0) is 7.05 Å². The zero-order valence-corrected chi connectivity index (χ0v) is 17.7. The van der Waals surface area contributed by atoms with Crippen LogP contribution in [0.4, 0.5) is 11.8 Å². The van der Waals surface area contributed by atoms with Crippen molar-refractivity contribution in [1.82, 2.24) is 34.3 Å². The van der Waals surface area contributed by atoms with Crippen molar-refractivity contribution < 1.29 is 0 Å². The summed E-state index contributed by atoms with van der Waals surface area (Å²) >= 11 is 6.02. The second kappa shape index (κ2) is 7.81. The molecule has 4 aromatic heterocycles. The summed E-state index contributed by atoms with van der Waals surface area (Å²) in [5.41, 5.74) is 3.61. The van der Waals surface area contributed by atoms with Gasteiger partial charge in [0.05, 0.1) is 11.9 Å². The Morgan fingerprint density at radius 1 is 1.00 bits per heavy atom. The Morgan fingerprint density at radius 2 is 1.84 bits per heavy atom. The highest BCUT2D eigenvalue weighted by Gasteiger charge is 2.16. The minimum absolute atomic E-state index is 0.0758. The summed E-state index contributed by atoms with van der Waals surface area (Å²) in [5, 5.41) is 16.8. The van der Waals surface area contributed by atoms with Gasteiger partial charge >= 0.3 is 0 Å². The van der Waals surface area contributed by atoms with Gasteiger partial charge in [0.2, 0.25) is 5.95 Å². The average Bonchev–Trinajstić information content (AvgIpc) is 3.39. The van der Waals surface area contributed by atoms with Gasteiger partial charge in [0.1, 0.15) is 11.6 Å². The number of fused-ring (bicyclic) bond motifs is 1. The van der Waals surface area contributed by atoms with Gasteiger partial charge < -0.3 is 5.32 Å². The van der Waals surface area contributed by atoms with Crippen LogP contribution < -0.4 is 5.32 Å². The maximum Gasteiger partial charge on any atom is 0.228 e. The van der Waals surface area contributed by atoms with Gasteiger partial charge in [-0.2, -0.15) is 5.10 Å². The molecular formula is C22H19ClN8. The minimum atomic E-state index is 0.0758. The van der Waals surface area contributed by atoms with E-state index in [1.807, 2.05) is 66.2 Å². The van der Waals surface area contributed by atoms with Gasteiger partial charge in [-0.25, -0.2) is 9.97 Å². The lowest BCUT2D eigenvalue weighted by atomic mass is 10.0. The Balaban J connectivity index is 1.45. The maximum atomic E-state index is 6.02. The molecule has 0 aliphatic rings. The van der Waals surface area contributed by atoms with E-state index in [0.717, 1.165) is 34.1 Å². The first kappa shape index (κ1) is 19.2. The summed E-state index contributed by atoms with van der Waals surface area (Å²) in [4.78, 5) is 8.93. The van der Waals surface area contributed by atoms with Crippen molar-refractivity contribution in [2.75, 3.05) is 5.32 Å². The van der Waals surface area contributed by atoms with Gasteiger partial charge in [0.15, 0.2) is 5.65 Å². The van der Waals surface area contributed by atoms with Crippen LogP contribution in [0, 0.1) is 0 Å². The smallest absolute Gasteiger partial charge is 0.228 e. The fourth-order valence-corrected chi connectivity index (χ4v) is 3.58. The zero-order chi connectivity index (χ0) is 21.4. The summed E-state index contributed by atoms with van der Waals surface area (Å²) in [6, 6.07) is 15.5. The van der Waals surface area contributed by atoms with Gasteiger partial charge in [-0.15, -0.1) is 10.2 Å². The largest absolute Gasteiger partial charge is 0.309 e. The number of aromatic nitrogens is 7. The Morgan fingerprint density at radius 3 is 2.61 bits per heavy atom. The van der Waals surface area contributed by atoms with Crippen molar-refractivity contribution in [1.29, 1.82) is 0 Å². The highest BCUT2D eigenvalue weighted by atomic mass is 35.5. The highest BCUT2D eigenvalue weighted by molar-refractivity contribution is 6.30. The van der Waals surface area contributed by atoms with E-state index in [4.69, 9.17) is 11.6 Å². The Bertz CT molecular complexity index is 1360. The van der Waals surface area contributed by atoms with Gasteiger partial charge in [0.25, 0.3) is 0 Å². The van der Waals surface area contributed by atoms with Gasteiger partial charge in [-0.05, 0) is 35.9 Å². The van der Waals surface area contributed by atoms with Gasteiger partial charge in [-0.3, -0.25) is 9.08 Å². The predicted octanol–water partition coefficient (Wildman–Crippen LogP) is 4.47. The lowest BCUT2D eigenvalue weighted by Crippen LogP contribution is -2.03. The molecule has 0 amide bonds. The molecule has 0 fully saturated rings. The van der Waals surface area contributed by atoms with Crippen molar-refractivity contribution in [3.8, 4) is 11.3 Å². The van der Waals surface area contributed by atoms with E-state index in [0.29, 0.717) is 11.0 Å². The highest BCUT2D eigenvalue weighted by Crippen LogP contribution is 2.26. The van der Waals surface area contributed by atoms with Crippen LogP contribution in [0.15, 0.2) is 67.1 Å². The number of benzene rings is 1. The van der Waals surface area contributed by atoms with Crippen molar-refractivity contribution in [2.24, 2.45) is 7.05 Å². The fourth-order valence-electron chi connectivity index (χ4n) is 3.46. The molecule has 5 aromatic rings. The van der Waals surface area contributed by atoms with Crippen LogP contribution in [0.2, 0.25) is 5.02 Å². The third kappa shape index (κ3) is 3.73. The predicted molar refractivity (Wildman–Crippen MR) is 119 cm³/mol. The number of hydrogen-bond acceptors (Lipinski definition) is 6. The lowest BCUT2D eigenvalue weighted by molar-refractivity contribution is 0.775. The van der Waals surface area contributed by atoms with Crippen LogP contribution in [0.3, 0.4) is 0 Å². The van der Waals surface area contributed by atoms with E-state index in [-0.39, 0.29) is 5.92 Å². The van der Waals surface area contributed by atoms with Crippen LogP contribution in [0.1, 0.15) is 24.2 Å². The molecule has 0 bridgehead atoms. The van der Waals surface area contributed by atoms with Crippen molar-refractivity contribution >= 4 is 29.0 Å². The summed E-state index contributed by atoms with van der Waals surface area (Å²) in [6.07, 6.45) is 5.42. The third-order valence-electron chi connectivity index (χ3n) is 5.21. The van der Waals surface area contributed by atoms with Crippen LogP contribution in [0.25, 0.3) is 16.9 Å². The molecule has 0 aliphatic heterocycles. The van der Waals surface area contributed by atoms with E-state index in [2.05, 4.69) is 37.5 Å². The van der Waals surface area contributed by atoms with Crippen LogP contribution >= 0.6 is 11.6 Å². The summed E-state index contributed by atoms with van der Waals surface area (Å²) < 4.78 is 3.72. The minimum Gasteiger partial charge on any atom is -0.309 e. The number of aryl methyl sites for hydroxylation is 1. The Labute approximate surface area is 183 Å². The molecule has 1 N–H and O–H groups in total. The standard InChI is InChI=1S/C22H19ClN8/c1-14(15-3-5-17(23)6-4-15)21-29-28-20-13-16(9-12-31(20)21)18-7-10-24-22(26-18)27-19-8-11-25-30(19)2/h3-14H,1-2H3,(H,24,26,27). The molecule has 8 nitrogen and oxygen atoms in total. The SMILES string of the molecule is CC(c1ccc(Cl)cc1)c1nnc2cc(-c3ccnc(Nc4ccnn4C)n3)ccn12. The molecule has 0 aliphatic carbocycles. The molecule has 0 saturated heterocycles. The van der Waals surface area contributed by atoms with E-state index < -0.39 is 0 Å². The Kier molecular flexibility index (Phi) is 4.83. The van der Waals surface area contributed by atoms with Crippen molar-refractivity contribution in [2.45, 2.75) is 12.8 Å². The molecule has 31 heavy (non-hydrogen) atoms. The molecule has 154 valence electrons. The average molecular weight is 431 g/mol. The number of rotatable bonds is 5. The first-order chi connectivity index (χ1) is 15.1. The van der Waals surface area contributed by atoms with Crippen molar-refractivity contribution in [3.63, 3.8) is 0 Å². The summed E-state index contributed by atoms with van der Waals surface area (Å²) in [5.74, 6) is 2.25. The normalized spacial score (nSPS) is 12.2. The second-order valence-electron chi connectivity index (χ2n) is 7.21. The van der Waals surface area contributed by atoms with E-state index >= 15 is 0 Å². The molecule has 4 heterocycles. The number of hydrogen-bond donors (Lipinski definition) is 1. The van der Waals surface area contributed by atoms with Gasteiger partial charge in [-0.1, -0.05) is 30.7 Å². The zero-order valence-electron chi connectivity index (χ0n) is 16.9. The number of nitrogens with one attached hydrogen (secondary N) is 1. The number of nitrogens with zero attached hydrogens (tertiary/aromatic N) is 7. The first-order valence-corrected chi connectivity index (χ1v) is 10.1. The van der Waals surface area contributed by atoms with E-state index in [9.17, 15) is 0 Å². The fraction of sp³-hybridized carbons (Fsp3) is 0.136. The number of halogens is 1. The monoisotopic (exact) mass is 430 g/mol. The van der Waals surface area contributed by atoms with Crippen LogP contribution in [-0.4, -0.2) is 34.3 Å². The molecule has 5 rings (SSSR count). The molecule has 0 saturated carbocycles. The van der Waals surface area contributed by atoms with E-state index in [1.54, 1.807) is 17.1 Å². The summed E-state index contributed by atoms with van der Waals surface area (Å²) in [6.45, 7) is 2.11. The third-order valence-corrected chi connectivity index (χ3v) is 5.46. The van der Waals surface area contributed by atoms with E-state index in [1.165, 1.54) is 0 Å². The molecule has 1 atom stereocenters. The number of pyridine rings is 1. The first-order valence-electron chi connectivity index (χ1n) is 9.77. The van der Waals surface area contributed by atoms with Crippen LogP contribution in [0.5, 0.6) is 0 Å². The van der Waals surface area contributed by atoms with Crippen molar-refractivity contribution in [3.05, 3.63) is 83.5 Å². The molecule has 9 heteroatoms. The quantitative estimate of drug-likeness (QED) is 0.442. The molecule has 1 aromatic carbocycles. The molecule has 1 unspecified atom stereocenters. The molecule has 0 spiro atoms. The Hall–Kier alpha value is -3.78. The summed E-state index contributed by atoms with van der Waals surface area (Å²) in [7, 11) is 1.86.